The van der Waals surface area contributed by atoms with Crippen LogP contribution in [-0.2, 0) is 17.7 Å². The maximum atomic E-state index is 11.3. The number of alkyl halides is 1. The molecule has 6 aromatic rings. The van der Waals surface area contributed by atoms with E-state index in [0.717, 1.165) is 16.7 Å². The Kier molecular flexibility index (Phi) is 37.7. The summed E-state index contributed by atoms with van der Waals surface area (Å²) in [6.07, 6.45) is 0.584. The van der Waals surface area contributed by atoms with Gasteiger partial charge in [-0.3, -0.25) is 9.59 Å². The summed E-state index contributed by atoms with van der Waals surface area (Å²) in [6.45, 7) is 3.40. The molecule has 23 heteroatoms. The number of carbonyl (C=O) groups excluding carboxylic acids is 1. The molecule has 0 unspecified atom stereocenters. The van der Waals surface area contributed by atoms with Crippen molar-refractivity contribution in [3.05, 3.63) is 194 Å². The topological polar surface area (TPSA) is 202 Å². The first-order valence-corrected chi connectivity index (χ1v) is 29.3. The molecule has 1 aromatic heterocycles. The second-order valence-electron chi connectivity index (χ2n) is 12.1. The molecule has 0 amide bonds. The molecule has 68 heavy (non-hydrogen) atoms. The number of aliphatic hydroxyl groups excluding tert-OH is 1. The molecule has 0 bridgehead atoms. The number of nitrogens with one attached hydrogen (secondary N) is 1. The van der Waals surface area contributed by atoms with E-state index in [0.29, 0.717) is 86.7 Å². The second-order valence-corrected chi connectivity index (χ2v) is 30.9. The summed E-state index contributed by atoms with van der Waals surface area (Å²) in [6, 6.07) is 37.0. The smallest absolute Gasteiger partial charge is 1.00 e. The van der Waals surface area contributed by atoms with E-state index in [1.165, 1.54) is 17.8 Å². The van der Waals surface area contributed by atoms with Gasteiger partial charge >= 0.3 is 29.6 Å². The van der Waals surface area contributed by atoms with Gasteiger partial charge in [-0.2, -0.15) is 26.3 Å². The molecule has 10 nitrogen and oxygen atoms in total. The van der Waals surface area contributed by atoms with Gasteiger partial charge in [-0.25, -0.2) is 4.98 Å². The van der Waals surface area contributed by atoms with Crippen molar-refractivity contribution in [3.63, 3.8) is 0 Å². The van der Waals surface area contributed by atoms with Gasteiger partial charge in [-0.05, 0) is 138 Å². The van der Waals surface area contributed by atoms with Crippen LogP contribution >= 0.6 is 136 Å². The predicted molar refractivity (Wildman–Crippen MR) is 289 cm³/mol. The molecular weight excluding hydrogens is 1280 g/mol. The third-order valence-electron chi connectivity index (χ3n) is 7.89. The number of aromatic amines is 1. The summed E-state index contributed by atoms with van der Waals surface area (Å²) in [5.41, 5.74) is 6.25. The van der Waals surface area contributed by atoms with Crippen LogP contribution in [0.25, 0.3) is 0 Å². The normalized spacial score (nSPS) is 9.06. The summed E-state index contributed by atoms with van der Waals surface area (Å²) in [5, 5.41) is 55.8. The van der Waals surface area contributed by atoms with Gasteiger partial charge in [-0.15, -0.1) is 0 Å². The zero-order valence-electron chi connectivity index (χ0n) is 36.7. The molecule has 0 aliphatic carbocycles. The second kappa shape index (κ2) is 38.0. The number of thioether (sulfide) groups is 1. The fraction of sp³-hybridized carbons (Fsp3) is 0.111. The van der Waals surface area contributed by atoms with Crippen LogP contribution in [0.1, 0.15) is 67.5 Å². The Hall–Kier alpha value is -2.73. The van der Waals surface area contributed by atoms with Crippen LogP contribution in [0.2, 0.25) is 25.1 Å². The molecule has 343 valence electrons. The standard InChI is InChI=1S/C13H10ClN3OS.C8H5BrClN.C8H6ClNO.C8H4ClNO.C8H6ClN.B.Br3P.Na.H/c1-8-5-12(18)17-13(16-8)19-7-10-9(6-15)3-2-4-11(10)14;9-4-7-6(5-11)2-1-3-8(7)10;2*9-8-3-1-2-6(4-10)7(8)5-11;1-6-7(5-10)3-2-4-8(6)9;;1-4(2)3;;/h2-5H,7H2,1H3,(H,16,17,18);1-3H,4H2;1-3,11H,5H2;1-3,5H;2-4H,1H3;;;;/q;;;;;;;+1;-1. The summed E-state index contributed by atoms with van der Waals surface area (Å²) in [7, 11) is 0. The Balaban J connectivity index is -0.000000782. The Morgan fingerprint density at radius 3 is 1.43 bits per heavy atom. The van der Waals surface area contributed by atoms with Gasteiger partial charge in [-0.1, -0.05) is 116 Å². The maximum Gasteiger partial charge on any atom is 1.00 e. The van der Waals surface area contributed by atoms with Crippen LogP contribution < -0.4 is 35.1 Å². The minimum Gasteiger partial charge on any atom is -1.00 e. The Bertz CT molecular complexity index is 2820. The van der Waals surface area contributed by atoms with Crippen LogP contribution in [0, 0.1) is 70.5 Å². The number of nitrogens with zero attached hydrogens (tertiary/aromatic N) is 6. The van der Waals surface area contributed by atoms with E-state index in [1.807, 2.05) is 19.1 Å². The molecule has 6 rings (SSSR count). The van der Waals surface area contributed by atoms with E-state index in [9.17, 15) is 9.59 Å². The average molecular weight is 1310 g/mol. The number of aliphatic hydroxyl groups is 1. The summed E-state index contributed by atoms with van der Waals surface area (Å²) in [4.78, 5) is 28.6. The molecule has 0 spiro atoms. The van der Waals surface area contributed by atoms with Crippen molar-refractivity contribution in [2.75, 3.05) is 0 Å². The first kappa shape index (κ1) is 67.4. The van der Waals surface area contributed by atoms with E-state index in [2.05, 4.69) is 90.6 Å². The molecule has 0 saturated heterocycles. The van der Waals surface area contributed by atoms with Crippen molar-refractivity contribution in [1.29, 1.82) is 26.3 Å². The molecule has 1 heterocycles. The minimum atomic E-state index is -0.192. The van der Waals surface area contributed by atoms with Gasteiger partial charge in [0.1, 0.15) is 4.03 Å². The maximum absolute atomic E-state index is 11.3. The zero-order chi connectivity index (χ0) is 49.8. The first-order chi connectivity index (χ1) is 31.5. The fourth-order valence-corrected chi connectivity index (χ4v) is 7.61. The zero-order valence-corrected chi connectivity index (χ0v) is 49.6. The van der Waals surface area contributed by atoms with Crippen LogP contribution in [0.3, 0.4) is 0 Å². The van der Waals surface area contributed by atoms with Crippen molar-refractivity contribution < 1.29 is 40.9 Å². The van der Waals surface area contributed by atoms with Crippen LogP contribution in [-0.4, -0.2) is 29.8 Å². The van der Waals surface area contributed by atoms with Crippen molar-refractivity contribution in [2.24, 2.45) is 0 Å². The number of benzene rings is 5. The van der Waals surface area contributed by atoms with Crippen LogP contribution in [0.5, 0.6) is 0 Å². The summed E-state index contributed by atoms with van der Waals surface area (Å²) in [5.74, 6) is 0.481. The molecule has 0 fully saturated rings. The molecule has 0 saturated carbocycles. The molecular formula is C45H32BBr4Cl5N7NaO3PS. The number of H-pyrrole nitrogens is 1. The number of hydrogen-bond acceptors (Lipinski definition) is 10. The van der Waals surface area contributed by atoms with E-state index < -0.39 is 0 Å². The van der Waals surface area contributed by atoms with E-state index >= 15 is 0 Å². The number of rotatable bonds is 6. The quantitative estimate of drug-likeness (QED) is 0.0403. The number of hydrogen-bond donors (Lipinski definition) is 2. The van der Waals surface area contributed by atoms with E-state index in [-0.39, 0.29) is 61.2 Å². The predicted octanol–water partition coefficient (Wildman–Crippen LogP) is 12.4. The molecule has 2 N–H and O–H groups in total. The van der Waals surface area contributed by atoms with Gasteiger partial charge in [0, 0.05) is 56.9 Å². The van der Waals surface area contributed by atoms with Gasteiger partial charge in [0.25, 0.3) is 5.56 Å². The number of nitriles is 5. The van der Waals surface area contributed by atoms with Crippen molar-refractivity contribution in [2.45, 2.75) is 36.7 Å². The number of aromatic nitrogens is 2. The Labute approximate surface area is 483 Å². The number of carbonyl (C=O) groups is 1. The Morgan fingerprint density at radius 1 is 0.676 bits per heavy atom. The fourth-order valence-electron chi connectivity index (χ4n) is 4.68. The third-order valence-corrected chi connectivity index (χ3v) is 11.2. The molecule has 0 aliphatic heterocycles. The average Bonchev–Trinajstić information content (AvgIpc) is 3.29. The molecule has 3 radical (unpaired) electrons. The number of aldehydes is 1. The molecule has 0 atom stereocenters. The van der Waals surface area contributed by atoms with E-state index in [4.69, 9.17) is 89.4 Å². The summed E-state index contributed by atoms with van der Waals surface area (Å²) < 4.78 is -0.183. The third kappa shape index (κ3) is 24.4. The first-order valence-electron chi connectivity index (χ1n) is 17.9. The largest absolute Gasteiger partial charge is 1.00 e. The van der Waals surface area contributed by atoms with Crippen molar-refractivity contribution >= 4 is 151 Å². The Morgan fingerprint density at radius 2 is 1.06 bits per heavy atom. The SMILES string of the molecule is BrP(Br)Br.Cc1c(Cl)cccc1C#N.Cc1cc(=O)[nH]c(SCc2c(Cl)cccc2C#N)n1.N#Cc1cccc(Cl)c1C=O.N#Cc1cccc(Cl)c1CBr.N#Cc1cccc(Cl)c1CO.[B].[H-].[Na+]. The van der Waals surface area contributed by atoms with Gasteiger partial charge in [0.2, 0.25) is 0 Å². The monoisotopic (exact) mass is 1310 g/mol. The van der Waals surface area contributed by atoms with Gasteiger partial charge < -0.3 is 11.5 Å². The number of aryl methyl sites for hydroxylation is 1. The van der Waals surface area contributed by atoms with Crippen LogP contribution in [0.4, 0.5) is 0 Å². The summed E-state index contributed by atoms with van der Waals surface area (Å²) >= 11 is 43.1. The minimum absolute atomic E-state index is 0. The number of halogens is 9. The molecule has 5 aromatic carbocycles. The van der Waals surface area contributed by atoms with Gasteiger partial charge in [0.15, 0.2) is 11.4 Å². The van der Waals surface area contributed by atoms with Crippen LogP contribution in [0.15, 0.2) is 107 Å². The molecule has 0 aliphatic rings. The van der Waals surface area contributed by atoms with Gasteiger partial charge in [0.05, 0.1) is 75.4 Å². The van der Waals surface area contributed by atoms with Crippen molar-refractivity contribution in [3.8, 4) is 30.3 Å². The van der Waals surface area contributed by atoms with E-state index in [1.54, 1.807) is 97.9 Å². The van der Waals surface area contributed by atoms with Crippen molar-refractivity contribution in [1.82, 2.24) is 9.97 Å².